The summed E-state index contributed by atoms with van der Waals surface area (Å²) in [6.07, 6.45) is 7.33. The Morgan fingerprint density at radius 2 is 1.67 bits per heavy atom. The number of rotatable bonds is 9. The van der Waals surface area contributed by atoms with Crippen molar-refractivity contribution in [2.45, 2.75) is 58.0 Å². The van der Waals surface area contributed by atoms with Crippen molar-refractivity contribution < 1.29 is 4.79 Å². The molecule has 1 aromatic heterocycles. The second-order valence-corrected chi connectivity index (χ2v) is 12.0. The first-order chi connectivity index (χ1) is 19.0. The second-order valence-electron chi connectivity index (χ2n) is 10.7. The van der Waals surface area contributed by atoms with E-state index < -0.39 is 0 Å². The van der Waals surface area contributed by atoms with Crippen LogP contribution in [-0.2, 0) is 6.42 Å². The number of benzene rings is 3. The average molecular weight is 632 g/mol. The van der Waals surface area contributed by atoms with Crippen molar-refractivity contribution in [2.24, 2.45) is 5.92 Å². The van der Waals surface area contributed by atoms with E-state index in [1.807, 2.05) is 24.4 Å². The van der Waals surface area contributed by atoms with E-state index in [1.165, 1.54) is 32.9 Å². The lowest BCUT2D eigenvalue weighted by molar-refractivity contribution is 0.0935. The Balaban J connectivity index is 1.14. The lowest BCUT2D eigenvalue weighted by atomic mass is 9.88. The van der Waals surface area contributed by atoms with Gasteiger partial charge < -0.3 is 5.32 Å². The number of nitrogens with zero attached hydrogens (tertiary/aromatic N) is 2. The molecule has 0 saturated carbocycles. The van der Waals surface area contributed by atoms with Gasteiger partial charge in [0.2, 0.25) is 0 Å². The van der Waals surface area contributed by atoms with Crippen LogP contribution in [0.25, 0.3) is 10.9 Å². The van der Waals surface area contributed by atoms with Gasteiger partial charge in [-0.05, 0) is 133 Å². The summed E-state index contributed by atoms with van der Waals surface area (Å²) in [5, 5.41) is 4.44. The van der Waals surface area contributed by atoms with Gasteiger partial charge in [0, 0.05) is 26.8 Å². The van der Waals surface area contributed by atoms with Crippen molar-refractivity contribution in [3.8, 4) is 0 Å². The average Bonchev–Trinajstić information content (AvgIpc) is 2.98. The Kier molecular flexibility index (Phi) is 9.30. The third-order valence-electron chi connectivity index (χ3n) is 8.21. The van der Waals surface area contributed by atoms with Crippen molar-refractivity contribution >= 4 is 39.4 Å². The van der Waals surface area contributed by atoms with Crippen molar-refractivity contribution in [2.75, 3.05) is 13.1 Å². The molecular formula is C34H38IN3O. The SMILES string of the molecule is CCC(NC(=O)c1ccc(CC2CCN(C(CC)c3ccc4ncccc4c3)CC2)cc1)c1ccc(I)cc1. The van der Waals surface area contributed by atoms with E-state index in [-0.39, 0.29) is 11.9 Å². The molecule has 0 aliphatic carbocycles. The van der Waals surface area contributed by atoms with Gasteiger partial charge in [-0.1, -0.05) is 50.2 Å². The molecule has 5 rings (SSSR count). The van der Waals surface area contributed by atoms with Crippen LogP contribution in [0, 0.1) is 9.49 Å². The third kappa shape index (κ3) is 6.87. The third-order valence-corrected chi connectivity index (χ3v) is 8.93. The zero-order chi connectivity index (χ0) is 27.2. The number of carbonyl (C=O) groups excluding carboxylic acids is 1. The van der Waals surface area contributed by atoms with Crippen molar-refractivity contribution in [1.29, 1.82) is 0 Å². The first-order valence-electron chi connectivity index (χ1n) is 14.3. The standard InChI is InChI=1S/C34H38IN3O/c1-3-31(26-11-14-30(35)15-12-26)37-34(39)27-9-7-24(8-10-27)22-25-17-20-38(21-18-25)33(4-2)29-13-16-32-28(23-29)6-5-19-36-32/h5-16,19,23,25,31,33H,3-4,17-18,20-22H2,1-2H3,(H,37,39). The fourth-order valence-electron chi connectivity index (χ4n) is 5.96. The van der Waals surface area contributed by atoms with Crippen LogP contribution in [0.3, 0.4) is 0 Å². The summed E-state index contributed by atoms with van der Waals surface area (Å²) in [4.78, 5) is 20.1. The first kappa shape index (κ1) is 27.8. The highest BCUT2D eigenvalue weighted by Gasteiger charge is 2.25. The van der Waals surface area contributed by atoms with Crippen molar-refractivity contribution in [1.82, 2.24) is 15.2 Å². The second kappa shape index (κ2) is 13.1. The van der Waals surface area contributed by atoms with E-state index in [1.54, 1.807) is 0 Å². The monoisotopic (exact) mass is 631 g/mol. The number of carbonyl (C=O) groups is 1. The first-order valence-corrected chi connectivity index (χ1v) is 15.4. The molecule has 0 spiro atoms. The Bertz CT molecular complexity index is 1380. The van der Waals surface area contributed by atoms with Gasteiger partial charge in [0.25, 0.3) is 5.91 Å². The quantitative estimate of drug-likeness (QED) is 0.190. The maximum Gasteiger partial charge on any atom is 0.251 e. The number of likely N-dealkylation sites (tertiary alicyclic amines) is 1. The fraction of sp³-hybridized carbons (Fsp3) is 0.353. The van der Waals surface area contributed by atoms with E-state index in [0.717, 1.165) is 49.0 Å². The van der Waals surface area contributed by atoms with Gasteiger partial charge >= 0.3 is 0 Å². The van der Waals surface area contributed by atoms with Crippen molar-refractivity contribution in [3.05, 3.63) is 111 Å². The van der Waals surface area contributed by atoms with Gasteiger partial charge in [0.05, 0.1) is 11.6 Å². The van der Waals surface area contributed by atoms with Gasteiger partial charge in [-0.2, -0.15) is 0 Å². The number of halogens is 1. The number of aromatic nitrogens is 1. The molecule has 1 N–H and O–H groups in total. The predicted molar refractivity (Wildman–Crippen MR) is 169 cm³/mol. The molecule has 2 atom stereocenters. The molecule has 0 radical (unpaired) electrons. The number of amides is 1. The van der Waals surface area contributed by atoms with Gasteiger partial charge in [0.1, 0.15) is 0 Å². The molecule has 1 aliphatic heterocycles. The Morgan fingerprint density at radius 1 is 0.949 bits per heavy atom. The molecule has 2 unspecified atom stereocenters. The van der Waals surface area contributed by atoms with Gasteiger partial charge in [-0.3, -0.25) is 14.7 Å². The molecule has 1 amide bonds. The Morgan fingerprint density at radius 3 is 2.36 bits per heavy atom. The molecule has 0 bridgehead atoms. The van der Waals surface area contributed by atoms with E-state index in [0.29, 0.717) is 12.0 Å². The predicted octanol–water partition coefficient (Wildman–Crippen LogP) is 8.13. The van der Waals surface area contributed by atoms with E-state index in [4.69, 9.17) is 0 Å². The number of fused-ring (bicyclic) bond motifs is 1. The minimum atomic E-state index is -0.00432. The molecule has 3 aromatic carbocycles. The molecule has 5 heteroatoms. The molecule has 1 aliphatic rings. The Labute approximate surface area is 246 Å². The zero-order valence-corrected chi connectivity index (χ0v) is 25.1. The largest absolute Gasteiger partial charge is 0.345 e. The molecular weight excluding hydrogens is 593 g/mol. The fourth-order valence-corrected chi connectivity index (χ4v) is 6.32. The highest BCUT2D eigenvalue weighted by molar-refractivity contribution is 14.1. The normalized spacial score (nSPS) is 16.2. The lowest BCUT2D eigenvalue weighted by Crippen LogP contribution is -2.37. The highest BCUT2D eigenvalue weighted by atomic mass is 127. The van der Waals surface area contributed by atoms with E-state index >= 15 is 0 Å². The number of hydrogen-bond acceptors (Lipinski definition) is 3. The minimum Gasteiger partial charge on any atom is -0.345 e. The van der Waals surface area contributed by atoms with Crippen LogP contribution in [0.15, 0.2) is 85.1 Å². The molecule has 4 aromatic rings. The smallest absolute Gasteiger partial charge is 0.251 e. The summed E-state index contributed by atoms with van der Waals surface area (Å²) in [7, 11) is 0. The van der Waals surface area contributed by atoms with Crippen LogP contribution >= 0.6 is 22.6 Å². The molecule has 39 heavy (non-hydrogen) atoms. The minimum absolute atomic E-state index is 0.00432. The topological polar surface area (TPSA) is 45.2 Å². The maximum absolute atomic E-state index is 13.0. The van der Waals surface area contributed by atoms with Gasteiger partial charge in [-0.15, -0.1) is 0 Å². The summed E-state index contributed by atoms with van der Waals surface area (Å²) in [6, 6.07) is 28.1. The van der Waals surface area contributed by atoms with Crippen LogP contribution in [0.2, 0.25) is 0 Å². The zero-order valence-electron chi connectivity index (χ0n) is 22.9. The number of hydrogen-bond donors (Lipinski definition) is 1. The van der Waals surface area contributed by atoms with E-state index in [2.05, 4.69) is 112 Å². The summed E-state index contributed by atoms with van der Waals surface area (Å²) in [5.41, 5.74) is 5.67. The number of nitrogens with one attached hydrogen (secondary N) is 1. The van der Waals surface area contributed by atoms with Crippen LogP contribution in [0.1, 0.15) is 78.7 Å². The summed E-state index contributed by atoms with van der Waals surface area (Å²) >= 11 is 2.31. The summed E-state index contributed by atoms with van der Waals surface area (Å²) in [5.74, 6) is 0.680. The van der Waals surface area contributed by atoms with Crippen molar-refractivity contribution in [3.63, 3.8) is 0 Å². The maximum atomic E-state index is 13.0. The molecule has 4 nitrogen and oxygen atoms in total. The van der Waals surface area contributed by atoms with Crippen LogP contribution in [0.4, 0.5) is 0 Å². The lowest BCUT2D eigenvalue weighted by Gasteiger charge is -2.37. The molecule has 1 fully saturated rings. The van der Waals surface area contributed by atoms with Gasteiger partial charge in [0.15, 0.2) is 0 Å². The molecule has 2 heterocycles. The van der Waals surface area contributed by atoms with Gasteiger partial charge in [-0.25, -0.2) is 0 Å². The summed E-state index contributed by atoms with van der Waals surface area (Å²) in [6.45, 7) is 6.67. The molecule has 202 valence electrons. The Hall–Kier alpha value is -2.77. The van der Waals surface area contributed by atoms with Crippen LogP contribution in [0.5, 0.6) is 0 Å². The van der Waals surface area contributed by atoms with Crippen LogP contribution < -0.4 is 5.32 Å². The summed E-state index contributed by atoms with van der Waals surface area (Å²) < 4.78 is 1.20. The van der Waals surface area contributed by atoms with E-state index in [9.17, 15) is 4.79 Å². The number of piperidine rings is 1. The highest BCUT2D eigenvalue weighted by Crippen LogP contribution is 2.32. The molecule has 1 saturated heterocycles. The number of pyridine rings is 1. The van der Waals surface area contributed by atoms with Crippen LogP contribution in [-0.4, -0.2) is 28.9 Å².